The smallest absolute Gasteiger partial charge is 0.284 e. The molecule has 1 aliphatic rings. The monoisotopic (exact) mass is 487 g/mol. The fraction of sp³-hybridized carbons (Fsp3) is 0.261. The highest BCUT2D eigenvalue weighted by atomic mass is 32.2. The second-order valence-electron chi connectivity index (χ2n) is 7.17. The van der Waals surface area contributed by atoms with Crippen LogP contribution >= 0.6 is 11.8 Å². The largest absolute Gasteiger partial charge is 0.497 e. The van der Waals surface area contributed by atoms with E-state index in [0.29, 0.717) is 11.4 Å². The maximum atomic E-state index is 12.9. The van der Waals surface area contributed by atoms with Crippen molar-refractivity contribution in [3.63, 3.8) is 0 Å². The number of sulfonamides is 1. The van der Waals surface area contributed by atoms with Crippen molar-refractivity contribution in [1.29, 1.82) is 0 Å². The van der Waals surface area contributed by atoms with Crippen LogP contribution in [0.2, 0.25) is 0 Å². The van der Waals surface area contributed by atoms with Crippen LogP contribution in [0.3, 0.4) is 0 Å². The van der Waals surface area contributed by atoms with Gasteiger partial charge in [0.25, 0.3) is 10.0 Å². The number of amides is 2. The van der Waals surface area contributed by atoms with E-state index in [1.807, 2.05) is 6.92 Å². The lowest BCUT2D eigenvalue weighted by molar-refractivity contribution is -0.127. The summed E-state index contributed by atoms with van der Waals surface area (Å²) in [5.74, 6) is -0.107. The highest BCUT2D eigenvalue weighted by Crippen LogP contribution is 2.31. The lowest BCUT2D eigenvalue weighted by Crippen LogP contribution is -2.33. The van der Waals surface area contributed by atoms with Crippen molar-refractivity contribution in [2.45, 2.75) is 29.9 Å². The predicted octanol–water partition coefficient (Wildman–Crippen LogP) is 3.46. The Balaban J connectivity index is 1.76. The second kappa shape index (κ2) is 10.7. The van der Waals surface area contributed by atoms with Crippen LogP contribution in [0.4, 0.5) is 5.69 Å². The number of amidine groups is 1. The number of aryl methyl sites for hydroxylation is 1. The first-order valence-corrected chi connectivity index (χ1v) is 12.6. The standard InChI is InChI=1S/C23H25N3O5S2/c1-4-14-26-22(28)20(15-21(27)24-17-8-10-18(31-3)11-9-17)32-23(26)25-33(29,30)19-12-6-16(5-2)7-13-19/h4,6-13,20H,1,5,14-15H2,2-3H3,(H,24,27). The van der Waals surface area contributed by atoms with Gasteiger partial charge in [-0.05, 0) is 48.4 Å². The summed E-state index contributed by atoms with van der Waals surface area (Å²) in [6.07, 6.45) is 2.14. The molecule has 1 unspecified atom stereocenters. The van der Waals surface area contributed by atoms with Crippen molar-refractivity contribution in [3.8, 4) is 5.75 Å². The van der Waals surface area contributed by atoms with Gasteiger partial charge >= 0.3 is 0 Å². The summed E-state index contributed by atoms with van der Waals surface area (Å²) in [5, 5.41) is 1.97. The molecule has 3 rings (SSSR count). The number of rotatable bonds is 9. The third kappa shape index (κ3) is 6.02. The van der Waals surface area contributed by atoms with E-state index in [9.17, 15) is 18.0 Å². The molecule has 0 spiro atoms. The lowest BCUT2D eigenvalue weighted by Gasteiger charge is -2.13. The SMILES string of the molecule is C=CCN1C(=O)C(CC(=O)Nc2ccc(OC)cc2)SC1=NS(=O)(=O)c1ccc(CC)cc1. The lowest BCUT2D eigenvalue weighted by atomic mass is 10.2. The molecule has 0 radical (unpaired) electrons. The number of thioether (sulfide) groups is 1. The zero-order valence-corrected chi connectivity index (χ0v) is 20.0. The Bertz CT molecular complexity index is 1160. The molecule has 0 aliphatic carbocycles. The molecule has 0 aromatic heterocycles. The molecule has 10 heteroatoms. The number of anilines is 1. The third-order valence-corrected chi connectivity index (χ3v) is 7.48. The van der Waals surface area contributed by atoms with E-state index in [0.717, 1.165) is 23.7 Å². The van der Waals surface area contributed by atoms with Crippen molar-refractivity contribution in [2.24, 2.45) is 4.40 Å². The molecule has 1 heterocycles. The van der Waals surface area contributed by atoms with Gasteiger partial charge in [0.15, 0.2) is 5.17 Å². The molecule has 2 amide bonds. The van der Waals surface area contributed by atoms with Gasteiger partial charge in [-0.15, -0.1) is 11.0 Å². The number of methoxy groups -OCH3 is 1. The Labute approximate surface area is 197 Å². The van der Waals surface area contributed by atoms with Gasteiger partial charge in [-0.2, -0.15) is 8.42 Å². The van der Waals surface area contributed by atoms with E-state index in [2.05, 4.69) is 16.3 Å². The zero-order chi connectivity index (χ0) is 24.0. The molecule has 2 aromatic carbocycles. The molecule has 2 aromatic rings. The van der Waals surface area contributed by atoms with Gasteiger partial charge in [-0.1, -0.05) is 36.9 Å². The van der Waals surface area contributed by atoms with Crippen molar-refractivity contribution >= 4 is 44.5 Å². The molecule has 0 bridgehead atoms. The number of ether oxygens (including phenoxy) is 1. The number of nitrogens with zero attached hydrogens (tertiary/aromatic N) is 2. The minimum Gasteiger partial charge on any atom is -0.497 e. The van der Waals surface area contributed by atoms with Gasteiger partial charge in [0, 0.05) is 18.7 Å². The van der Waals surface area contributed by atoms with Gasteiger partial charge in [0.1, 0.15) is 11.0 Å². The molecule has 0 saturated carbocycles. The summed E-state index contributed by atoms with van der Waals surface area (Å²) in [4.78, 5) is 26.6. The molecule has 1 aliphatic heterocycles. The Morgan fingerprint density at radius 1 is 1.21 bits per heavy atom. The Morgan fingerprint density at radius 2 is 1.88 bits per heavy atom. The van der Waals surface area contributed by atoms with Crippen molar-refractivity contribution in [3.05, 3.63) is 66.7 Å². The highest BCUT2D eigenvalue weighted by molar-refractivity contribution is 8.16. The van der Waals surface area contributed by atoms with Gasteiger partial charge in [0.05, 0.1) is 12.0 Å². The van der Waals surface area contributed by atoms with Crippen LogP contribution in [-0.2, 0) is 26.0 Å². The maximum absolute atomic E-state index is 12.9. The zero-order valence-electron chi connectivity index (χ0n) is 18.4. The van der Waals surface area contributed by atoms with Gasteiger partial charge < -0.3 is 10.1 Å². The van der Waals surface area contributed by atoms with Crippen molar-refractivity contribution in [1.82, 2.24) is 4.90 Å². The van der Waals surface area contributed by atoms with Crippen LogP contribution in [-0.4, -0.2) is 49.2 Å². The van der Waals surface area contributed by atoms with Crippen molar-refractivity contribution in [2.75, 3.05) is 19.0 Å². The Kier molecular flexibility index (Phi) is 7.93. The van der Waals surface area contributed by atoms with E-state index in [1.54, 1.807) is 43.5 Å². The molecule has 174 valence electrons. The number of hydrogen-bond donors (Lipinski definition) is 1. The van der Waals surface area contributed by atoms with Crippen LogP contribution in [0.15, 0.2) is 70.5 Å². The topological polar surface area (TPSA) is 105 Å². The van der Waals surface area contributed by atoms with Crippen LogP contribution in [0, 0.1) is 0 Å². The first kappa shape index (κ1) is 24.5. The molecule has 1 N–H and O–H groups in total. The first-order chi connectivity index (χ1) is 15.8. The van der Waals surface area contributed by atoms with E-state index in [4.69, 9.17) is 4.74 Å². The average Bonchev–Trinajstić information content (AvgIpc) is 3.08. The van der Waals surface area contributed by atoms with Crippen LogP contribution in [0.25, 0.3) is 0 Å². The fourth-order valence-electron chi connectivity index (χ4n) is 3.11. The first-order valence-electron chi connectivity index (χ1n) is 10.2. The Hall–Kier alpha value is -3.11. The summed E-state index contributed by atoms with van der Waals surface area (Å²) in [6, 6.07) is 13.2. The molecular weight excluding hydrogens is 462 g/mol. The maximum Gasteiger partial charge on any atom is 0.284 e. The third-order valence-electron chi connectivity index (χ3n) is 4.90. The van der Waals surface area contributed by atoms with Gasteiger partial charge in [-0.3, -0.25) is 14.5 Å². The van der Waals surface area contributed by atoms with Crippen LogP contribution < -0.4 is 10.1 Å². The van der Waals surface area contributed by atoms with E-state index >= 15 is 0 Å². The second-order valence-corrected chi connectivity index (χ2v) is 9.95. The minimum absolute atomic E-state index is 0.0294. The summed E-state index contributed by atoms with van der Waals surface area (Å²) in [5.41, 5.74) is 1.56. The number of carbonyl (C=O) groups excluding carboxylic acids is 2. The molecular formula is C23H25N3O5S2. The molecule has 1 atom stereocenters. The van der Waals surface area contributed by atoms with Gasteiger partial charge in [-0.25, -0.2) is 0 Å². The summed E-state index contributed by atoms with van der Waals surface area (Å²) in [7, 11) is -2.48. The van der Waals surface area contributed by atoms with Gasteiger partial charge in [0.2, 0.25) is 11.8 Å². The summed E-state index contributed by atoms with van der Waals surface area (Å²) < 4.78 is 34.6. The van der Waals surface area contributed by atoms with Crippen molar-refractivity contribution < 1.29 is 22.7 Å². The van der Waals surface area contributed by atoms with Crippen LogP contribution in [0.1, 0.15) is 18.9 Å². The van der Waals surface area contributed by atoms with E-state index in [-0.39, 0.29) is 34.8 Å². The summed E-state index contributed by atoms with van der Waals surface area (Å²) in [6.45, 7) is 5.69. The molecule has 1 fully saturated rings. The quantitative estimate of drug-likeness (QED) is 0.543. The number of carbonyl (C=O) groups is 2. The molecule has 1 saturated heterocycles. The highest BCUT2D eigenvalue weighted by Gasteiger charge is 2.39. The Morgan fingerprint density at radius 3 is 2.45 bits per heavy atom. The number of benzene rings is 2. The number of hydrogen-bond acceptors (Lipinski definition) is 6. The predicted molar refractivity (Wildman–Crippen MR) is 130 cm³/mol. The average molecular weight is 488 g/mol. The minimum atomic E-state index is -4.02. The summed E-state index contributed by atoms with van der Waals surface area (Å²) >= 11 is 0.960. The van der Waals surface area contributed by atoms with E-state index in [1.165, 1.54) is 23.1 Å². The molecule has 33 heavy (non-hydrogen) atoms. The molecule has 8 nitrogen and oxygen atoms in total. The fourth-order valence-corrected chi connectivity index (χ4v) is 5.48. The number of nitrogens with one attached hydrogen (secondary N) is 1. The van der Waals surface area contributed by atoms with Crippen LogP contribution in [0.5, 0.6) is 5.75 Å². The van der Waals surface area contributed by atoms with E-state index < -0.39 is 15.3 Å². The normalized spacial score (nSPS) is 17.3.